The molecule has 3 aromatic rings. The molecule has 35 heavy (non-hydrogen) atoms. The third kappa shape index (κ3) is 4.66. The van der Waals surface area contributed by atoms with E-state index >= 15 is 0 Å². The number of hydrogen-bond donors (Lipinski definition) is 1. The number of aromatic hydroxyl groups is 1. The molecule has 8 heteroatoms. The van der Waals surface area contributed by atoms with E-state index in [1.807, 2.05) is 42.5 Å². The van der Waals surface area contributed by atoms with Crippen molar-refractivity contribution in [1.82, 2.24) is 4.57 Å². The largest absolute Gasteiger partial charge is 0.507 e. The van der Waals surface area contributed by atoms with E-state index in [0.29, 0.717) is 26.2 Å². The predicted molar refractivity (Wildman–Crippen MR) is 139 cm³/mol. The van der Waals surface area contributed by atoms with Crippen molar-refractivity contribution >= 4 is 29.1 Å². The Hall–Kier alpha value is -3.65. The first-order valence-corrected chi connectivity index (χ1v) is 12.5. The minimum atomic E-state index is -0.646. The normalized spacial score (nSPS) is 15.5. The van der Waals surface area contributed by atoms with Gasteiger partial charge in [0.15, 0.2) is 4.80 Å². The van der Waals surface area contributed by atoms with Crippen LogP contribution < -0.4 is 19.8 Å². The minimum absolute atomic E-state index is 0.100. The standard InChI is InChI=1S/C27H29N3O4S/c1-5-29(6-2)20-14-13-19(21(31)16-20)15-22-25(32)30-24(18-11-9-8-10-12-18)23(26(33)34-7-3)17(4)28-27(30)35-22/h8-16,24,31H,5-7H2,1-4H3/b22-15+/t24-/m1/s1. The third-order valence-electron chi connectivity index (χ3n) is 6.06. The lowest BCUT2D eigenvalue weighted by molar-refractivity contribution is -0.139. The topological polar surface area (TPSA) is 84.1 Å². The highest BCUT2D eigenvalue weighted by Crippen LogP contribution is 2.30. The average molecular weight is 492 g/mol. The number of phenols is 1. The second kappa shape index (κ2) is 10.3. The molecular weight excluding hydrogens is 462 g/mol. The molecule has 0 radical (unpaired) electrons. The number of ether oxygens (including phenoxy) is 1. The van der Waals surface area contributed by atoms with Crippen LogP contribution in [0.15, 0.2) is 69.6 Å². The van der Waals surface area contributed by atoms with E-state index in [1.165, 1.54) is 11.3 Å². The summed E-state index contributed by atoms with van der Waals surface area (Å²) in [4.78, 5) is 33.7. The molecule has 0 saturated heterocycles. The van der Waals surface area contributed by atoms with Gasteiger partial charge in [-0.3, -0.25) is 9.36 Å². The molecule has 0 saturated carbocycles. The van der Waals surface area contributed by atoms with Crippen LogP contribution in [0, 0.1) is 0 Å². The highest BCUT2D eigenvalue weighted by atomic mass is 32.1. The summed E-state index contributed by atoms with van der Waals surface area (Å²) in [5.74, 6) is -0.384. The van der Waals surface area contributed by atoms with E-state index in [1.54, 1.807) is 30.6 Å². The first kappa shape index (κ1) is 24.5. The molecule has 1 aromatic heterocycles. The van der Waals surface area contributed by atoms with Crippen molar-refractivity contribution in [2.75, 3.05) is 24.6 Å². The van der Waals surface area contributed by atoms with Crippen LogP contribution in [0.3, 0.4) is 0 Å². The number of rotatable bonds is 7. The van der Waals surface area contributed by atoms with E-state index in [9.17, 15) is 14.7 Å². The fraction of sp³-hybridized carbons (Fsp3) is 0.296. The molecule has 0 aliphatic carbocycles. The first-order valence-electron chi connectivity index (χ1n) is 11.7. The fourth-order valence-electron chi connectivity index (χ4n) is 4.32. The summed E-state index contributed by atoms with van der Waals surface area (Å²) in [7, 11) is 0. The maximum atomic E-state index is 13.6. The number of benzene rings is 2. The first-order chi connectivity index (χ1) is 16.9. The molecule has 2 aromatic carbocycles. The summed E-state index contributed by atoms with van der Waals surface area (Å²) in [6, 6.07) is 14.2. The molecule has 0 unspecified atom stereocenters. The Morgan fingerprint density at radius 3 is 2.51 bits per heavy atom. The van der Waals surface area contributed by atoms with Crippen molar-refractivity contribution < 1.29 is 14.6 Å². The summed E-state index contributed by atoms with van der Waals surface area (Å²) in [6.45, 7) is 9.51. The Morgan fingerprint density at radius 1 is 1.17 bits per heavy atom. The molecule has 1 N–H and O–H groups in total. The molecule has 4 rings (SSSR count). The second-order valence-electron chi connectivity index (χ2n) is 8.13. The van der Waals surface area contributed by atoms with E-state index in [2.05, 4.69) is 23.7 Å². The number of carbonyl (C=O) groups excluding carboxylic acids is 1. The summed E-state index contributed by atoms with van der Waals surface area (Å²) in [6.07, 6.45) is 1.68. The number of thiazole rings is 1. The van der Waals surface area contributed by atoms with E-state index in [0.717, 1.165) is 24.3 Å². The molecule has 2 heterocycles. The van der Waals surface area contributed by atoms with Crippen LogP contribution >= 0.6 is 11.3 Å². The van der Waals surface area contributed by atoms with E-state index in [4.69, 9.17) is 4.74 Å². The zero-order valence-electron chi connectivity index (χ0n) is 20.3. The lowest BCUT2D eigenvalue weighted by atomic mass is 9.96. The molecule has 182 valence electrons. The molecular formula is C27H29N3O4S. The van der Waals surface area contributed by atoms with Gasteiger partial charge in [0, 0.05) is 30.4 Å². The monoisotopic (exact) mass is 491 g/mol. The van der Waals surface area contributed by atoms with Crippen molar-refractivity contribution in [3.8, 4) is 5.75 Å². The number of nitrogens with zero attached hydrogens (tertiary/aromatic N) is 3. The Labute approximate surface area is 207 Å². The third-order valence-corrected chi connectivity index (χ3v) is 7.04. The van der Waals surface area contributed by atoms with Crippen molar-refractivity contribution in [2.24, 2.45) is 4.99 Å². The van der Waals surface area contributed by atoms with E-state index < -0.39 is 12.0 Å². The van der Waals surface area contributed by atoms with Gasteiger partial charge in [-0.15, -0.1) is 0 Å². The SMILES string of the molecule is CCOC(=O)C1=C(C)N=c2s/c(=C/c3ccc(N(CC)CC)cc3O)c(=O)n2[C@@H]1c1ccccc1. The Kier molecular flexibility index (Phi) is 7.21. The lowest BCUT2D eigenvalue weighted by Gasteiger charge is -2.24. The molecule has 0 amide bonds. The highest BCUT2D eigenvalue weighted by molar-refractivity contribution is 7.07. The zero-order chi connectivity index (χ0) is 25.1. The van der Waals surface area contributed by atoms with Gasteiger partial charge in [-0.2, -0.15) is 0 Å². The summed E-state index contributed by atoms with van der Waals surface area (Å²) < 4.78 is 7.28. The predicted octanol–water partition coefficient (Wildman–Crippen LogP) is 3.35. The van der Waals surface area contributed by atoms with Gasteiger partial charge in [0.1, 0.15) is 5.75 Å². The number of carbonyl (C=O) groups is 1. The summed E-state index contributed by atoms with van der Waals surface area (Å²) in [5.41, 5.74) is 2.86. The van der Waals surface area contributed by atoms with Crippen LogP contribution in [0.1, 0.15) is 44.9 Å². The number of allylic oxidation sites excluding steroid dienone is 1. The number of esters is 1. The quantitative estimate of drug-likeness (QED) is 0.513. The average Bonchev–Trinajstić information content (AvgIpc) is 3.15. The van der Waals surface area contributed by atoms with Crippen LogP contribution in [0.25, 0.3) is 6.08 Å². The van der Waals surface area contributed by atoms with Gasteiger partial charge < -0.3 is 14.7 Å². The van der Waals surface area contributed by atoms with Gasteiger partial charge >= 0.3 is 5.97 Å². The van der Waals surface area contributed by atoms with Gasteiger partial charge in [-0.1, -0.05) is 41.7 Å². The van der Waals surface area contributed by atoms with Crippen molar-refractivity contribution in [3.05, 3.63) is 90.6 Å². The number of aromatic nitrogens is 1. The molecule has 1 atom stereocenters. The van der Waals surface area contributed by atoms with Crippen LogP contribution in [0.4, 0.5) is 5.69 Å². The summed E-state index contributed by atoms with van der Waals surface area (Å²) in [5, 5.41) is 10.7. The van der Waals surface area contributed by atoms with Crippen molar-refractivity contribution in [2.45, 2.75) is 33.7 Å². The molecule has 1 aliphatic rings. The van der Waals surface area contributed by atoms with Gasteiger partial charge in [0.05, 0.1) is 28.5 Å². The van der Waals surface area contributed by atoms with Crippen LogP contribution in [0.5, 0.6) is 5.75 Å². The minimum Gasteiger partial charge on any atom is -0.507 e. The Bertz CT molecular complexity index is 1450. The Morgan fingerprint density at radius 2 is 1.89 bits per heavy atom. The van der Waals surface area contributed by atoms with Crippen molar-refractivity contribution in [1.29, 1.82) is 0 Å². The lowest BCUT2D eigenvalue weighted by Crippen LogP contribution is -2.39. The molecule has 0 spiro atoms. The second-order valence-corrected chi connectivity index (χ2v) is 9.14. The van der Waals surface area contributed by atoms with Gasteiger partial charge in [0.25, 0.3) is 5.56 Å². The zero-order valence-corrected chi connectivity index (χ0v) is 21.1. The van der Waals surface area contributed by atoms with Gasteiger partial charge in [0.2, 0.25) is 0 Å². The Balaban J connectivity index is 1.87. The van der Waals surface area contributed by atoms with Crippen molar-refractivity contribution in [3.63, 3.8) is 0 Å². The molecule has 0 fully saturated rings. The van der Waals surface area contributed by atoms with Gasteiger partial charge in [-0.25, -0.2) is 9.79 Å². The number of anilines is 1. The maximum absolute atomic E-state index is 13.6. The van der Waals surface area contributed by atoms with E-state index in [-0.39, 0.29) is 17.9 Å². The smallest absolute Gasteiger partial charge is 0.338 e. The molecule has 0 bridgehead atoms. The number of fused-ring (bicyclic) bond motifs is 1. The summed E-state index contributed by atoms with van der Waals surface area (Å²) >= 11 is 1.23. The fourth-order valence-corrected chi connectivity index (χ4v) is 5.36. The molecule has 1 aliphatic heterocycles. The van der Waals surface area contributed by atoms with Crippen LogP contribution in [-0.2, 0) is 9.53 Å². The maximum Gasteiger partial charge on any atom is 0.338 e. The number of phenolic OH excluding ortho intramolecular Hbond substituents is 1. The molecule has 7 nitrogen and oxygen atoms in total. The number of hydrogen-bond acceptors (Lipinski definition) is 7. The van der Waals surface area contributed by atoms with Crippen LogP contribution in [0.2, 0.25) is 0 Å². The van der Waals surface area contributed by atoms with Gasteiger partial charge in [-0.05, 0) is 51.5 Å². The highest BCUT2D eigenvalue weighted by Gasteiger charge is 2.33. The van der Waals surface area contributed by atoms with Crippen LogP contribution in [-0.4, -0.2) is 35.3 Å².